The monoisotopic (exact) mass is 432 g/mol. The van der Waals surface area contributed by atoms with E-state index < -0.39 is 0 Å². The highest BCUT2D eigenvalue weighted by Crippen LogP contribution is 2.44. The Labute approximate surface area is 146 Å². The van der Waals surface area contributed by atoms with Gasteiger partial charge in [0.1, 0.15) is 11.5 Å². The summed E-state index contributed by atoms with van der Waals surface area (Å²) in [6.45, 7) is 2.05. The first kappa shape index (κ1) is 16.7. The Hall–Kier alpha value is -0.710. The molecule has 0 bridgehead atoms. The van der Waals surface area contributed by atoms with Gasteiger partial charge >= 0.3 is 0 Å². The standard InChI is InChI=1S/C16H15Br2ClO2/c1-9-4-5-14(20-2)11(6-9)15(18)12-7-10(19)8-13(17)16(12)21-3/h4-8,15H,1-3H3. The van der Waals surface area contributed by atoms with E-state index in [0.29, 0.717) is 5.02 Å². The van der Waals surface area contributed by atoms with Gasteiger partial charge in [-0.15, -0.1) is 0 Å². The van der Waals surface area contributed by atoms with Crippen molar-refractivity contribution in [3.8, 4) is 11.5 Å². The molecule has 0 heterocycles. The van der Waals surface area contributed by atoms with E-state index in [0.717, 1.165) is 32.7 Å². The van der Waals surface area contributed by atoms with Crippen molar-refractivity contribution in [2.75, 3.05) is 14.2 Å². The van der Waals surface area contributed by atoms with E-state index in [1.807, 2.05) is 31.2 Å². The van der Waals surface area contributed by atoms with Gasteiger partial charge in [0.25, 0.3) is 0 Å². The summed E-state index contributed by atoms with van der Waals surface area (Å²) in [5.74, 6) is 1.57. The van der Waals surface area contributed by atoms with Crippen molar-refractivity contribution in [1.29, 1.82) is 0 Å². The number of hydrogen-bond acceptors (Lipinski definition) is 2. The fraction of sp³-hybridized carbons (Fsp3) is 0.250. The molecule has 2 rings (SSSR count). The Morgan fingerprint density at radius 1 is 1.05 bits per heavy atom. The largest absolute Gasteiger partial charge is 0.496 e. The smallest absolute Gasteiger partial charge is 0.137 e. The maximum Gasteiger partial charge on any atom is 0.137 e. The summed E-state index contributed by atoms with van der Waals surface area (Å²) in [7, 11) is 3.31. The normalized spacial score (nSPS) is 12.1. The quantitative estimate of drug-likeness (QED) is 0.557. The number of methoxy groups -OCH3 is 2. The van der Waals surface area contributed by atoms with Gasteiger partial charge in [-0.2, -0.15) is 0 Å². The molecule has 0 saturated carbocycles. The molecule has 2 nitrogen and oxygen atoms in total. The lowest BCUT2D eigenvalue weighted by molar-refractivity contribution is 0.403. The van der Waals surface area contributed by atoms with Crippen LogP contribution in [0.1, 0.15) is 21.5 Å². The highest BCUT2D eigenvalue weighted by molar-refractivity contribution is 9.10. The Kier molecular flexibility index (Phi) is 5.58. The maximum atomic E-state index is 6.18. The van der Waals surface area contributed by atoms with Gasteiger partial charge in [-0.3, -0.25) is 0 Å². The number of ether oxygens (including phenoxy) is 2. The Bertz CT molecular complexity index is 659. The van der Waals surface area contributed by atoms with Crippen molar-refractivity contribution in [2.45, 2.75) is 11.8 Å². The molecular formula is C16H15Br2ClO2. The van der Waals surface area contributed by atoms with Gasteiger partial charge in [0.05, 0.1) is 23.5 Å². The van der Waals surface area contributed by atoms with Gasteiger partial charge in [-0.05, 0) is 41.1 Å². The molecule has 0 saturated heterocycles. The van der Waals surface area contributed by atoms with Crippen molar-refractivity contribution in [1.82, 2.24) is 0 Å². The summed E-state index contributed by atoms with van der Waals surface area (Å²) < 4.78 is 11.8. The van der Waals surface area contributed by atoms with Gasteiger partial charge in [-0.1, -0.05) is 45.2 Å². The molecular weight excluding hydrogens is 419 g/mol. The summed E-state index contributed by atoms with van der Waals surface area (Å²) in [6, 6.07) is 9.79. The second-order valence-electron chi connectivity index (χ2n) is 4.62. The highest BCUT2D eigenvalue weighted by atomic mass is 79.9. The van der Waals surface area contributed by atoms with Crippen LogP contribution < -0.4 is 9.47 Å². The molecule has 0 spiro atoms. The summed E-state index contributed by atoms with van der Waals surface area (Å²) in [5, 5.41) is 0.647. The molecule has 0 N–H and O–H groups in total. The van der Waals surface area contributed by atoms with Crippen molar-refractivity contribution in [3.63, 3.8) is 0 Å². The first-order chi connectivity index (χ1) is 9.97. The van der Waals surface area contributed by atoms with E-state index >= 15 is 0 Å². The fourth-order valence-corrected chi connectivity index (χ4v) is 3.90. The minimum absolute atomic E-state index is 0.0858. The zero-order valence-corrected chi connectivity index (χ0v) is 15.8. The molecule has 5 heteroatoms. The molecule has 2 aromatic carbocycles. The number of aryl methyl sites for hydroxylation is 1. The minimum Gasteiger partial charge on any atom is -0.496 e. The predicted molar refractivity (Wildman–Crippen MR) is 94.2 cm³/mol. The average Bonchev–Trinajstić information content (AvgIpc) is 2.45. The molecule has 1 atom stereocenters. The first-order valence-corrected chi connectivity index (χ1v) is 8.38. The maximum absolute atomic E-state index is 6.18. The zero-order valence-electron chi connectivity index (χ0n) is 11.9. The third kappa shape index (κ3) is 3.55. The Morgan fingerprint density at radius 3 is 2.38 bits per heavy atom. The lowest BCUT2D eigenvalue weighted by Gasteiger charge is -2.19. The number of halogens is 3. The van der Waals surface area contributed by atoms with E-state index in [4.69, 9.17) is 21.1 Å². The molecule has 2 aromatic rings. The van der Waals surface area contributed by atoms with Gasteiger partial charge in [0, 0.05) is 16.1 Å². The van der Waals surface area contributed by atoms with Crippen LogP contribution in [0.4, 0.5) is 0 Å². The third-order valence-corrected chi connectivity index (χ3v) is 4.97. The molecule has 0 aromatic heterocycles. The van der Waals surface area contributed by atoms with Gasteiger partial charge in [0.2, 0.25) is 0 Å². The molecule has 112 valence electrons. The number of benzene rings is 2. The molecule has 0 aliphatic heterocycles. The molecule has 0 aliphatic carbocycles. The molecule has 21 heavy (non-hydrogen) atoms. The predicted octanol–water partition coefficient (Wildman–Crippen LogP) is 5.91. The molecule has 1 unspecified atom stereocenters. The lowest BCUT2D eigenvalue weighted by atomic mass is 10.0. The number of rotatable bonds is 4. The SMILES string of the molecule is COc1ccc(C)cc1C(Br)c1cc(Cl)cc(Br)c1OC. The van der Waals surface area contributed by atoms with Crippen LogP contribution in [0.2, 0.25) is 5.02 Å². The van der Waals surface area contributed by atoms with Crippen LogP contribution >= 0.6 is 43.5 Å². The van der Waals surface area contributed by atoms with E-state index in [-0.39, 0.29) is 4.83 Å². The van der Waals surface area contributed by atoms with Crippen LogP contribution in [-0.2, 0) is 0 Å². The average molecular weight is 435 g/mol. The topological polar surface area (TPSA) is 18.5 Å². The first-order valence-electron chi connectivity index (χ1n) is 6.29. The van der Waals surface area contributed by atoms with Crippen molar-refractivity contribution in [3.05, 3.63) is 56.5 Å². The van der Waals surface area contributed by atoms with Crippen LogP contribution in [0.5, 0.6) is 11.5 Å². The summed E-state index contributed by atoms with van der Waals surface area (Å²) >= 11 is 13.4. The highest BCUT2D eigenvalue weighted by Gasteiger charge is 2.21. The van der Waals surface area contributed by atoms with Crippen molar-refractivity contribution >= 4 is 43.5 Å². The summed E-state index contributed by atoms with van der Waals surface area (Å²) in [5.41, 5.74) is 3.14. The molecule has 0 amide bonds. The second-order valence-corrected chi connectivity index (χ2v) is 6.82. The minimum atomic E-state index is -0.0858. The Morgan fingerprint density at radius 2 is 1.76 bits per heavy atom. The Balaban J connectivity index is 2.59. The molecule has 0 aliphatic rings. The third-order valence-electron chi connectivity index (χ3n) is 3.17. The molecule has 0 radical (unpaired) electrons. The van der Waals surface area contributed by atoms with Gasteiger partial charge in [0.15, 0.2) is 0 Å². The van der Waals surface area contributed by atoms with E-state index in [2.05, 4.69) is 37.9 Å². The summed E-state index contributed by atoms with van der Waals surface area (Å²) in [6.07, 6.45) is 0. The molecule has 0 fully saturated rings. The number of alkyl halides is 1. The zero-order chi connectivity index (χ0) is 15.6. The van der Waals surface area contributed by atoms with Crippen molar-refractivity contribution < 1.29 is 9.47 Å². The second kappa shape index (κ2) is 7.03. The van der Waals surface area contributed by atoms with Crippen LogP contribution in [0, 0.1) is 6.92 Å². The number of hydrogen-bond donors (Lipinski definition) is 0. The van der Waals surface area contributed by atoms with Gasteiger partial charge in [-0.25, -0.2) is 0 Å². The van der Waals surface area contributed by atoms with Crippen LogP contribution in [0.3, 0.4) is 0 Å². The van der Waals surface area contributed by atoms with Crippen LogP contribution in [-0.4, -0.2) is 14.2 Å². The lowest BCUT2D eigenvalue weighted by Crippen LogP contribution is -2.01. The fourth-order valence-electron chi connectivity index (χ4n) is 2.20. The van der Waals surface area contributed by atoms with Crippen LogP contribution in [0.15, 0.2) is 34.8 Å². The van der Waals surface area contributed by atoms with Crippen molar-refractivity contribution in [2.24, 2.45) is 0 Å². The van der Waals surface area contributed by atoms with E-state index in [1.165, 1.54) is 0 Å². The van der Waals surface area contributed by atoms with Gasteiger partial charge < -0.3 is 9.47 Å². The van der Waals surface area contributed by atoms with E-state index in [9.17, 15) is 0 Å². The van der Waals surface area contributed by atoms with E-state index in [1.54, 1.807) is 14.2 Å². The van der Waals surface area contributed by atoms with Crippen LogP contribution in [0.25, 0.3) is 0 Å². The summed E-state index contributed by atoms with van der Waals surface area (Å²) in [4.78, 5) is -0.0858.